The Morgan fingerprint density at radius 3 is 2.36 bits per heavy atom. The van der Waals surface area contributed by atoms with Gasteiger partial charge in [0.2, 0.25) is 10.0 Å². The minimum atomic E-state index is -3.97. The number of para-hydroxylation sites is 1. The number of aryl methyl sites for hydroxylation is 3. The zero-order valence-electron chi connectivity index (χ0n) is 24.8. The van der Waals surface area contributed by atoms with Crippen molar-refractivity contribution >= 4 is 55.7 Å². The molecule has 0 spiro atoms. The number of anilines is 1. The number of nitrogens with one attached hydrogen (secondary N) is 3. The van der Waals surface area contributed by atoms with Crippen molar-refractivity contribution in [3.05, 3.63) is 117 Å². The summed E-state index contributed by atoms with van der Waals surface area (Å²) < 4.78 is 39.9. The van der Waals surface area contributed by atoms with E-state index in [0.717, 1.165) is 16.5 Å². The lowest BCUT2D eigenvalue weighted by Gasteiger charge is -2.12. The first-order valence-corrected chi connectivity index (χ1v) is 16.8. The van der Waals surface area contributed by atoms with Gasteiger partial charge >= 0.3 is 0 Å². The van der Waals surface area contributed by atoms with Crippen LogP contribution in [-0.4, -0.2) is 38.2 Å². The SMILES string of the molecule is Cc1cc(OCCCc2c(C(=O)NS(=O)(=O)CCNc3cccc(Oc4ccccc4)c3)[nH]c3cc(Cl)ccc23)cc(C)c1Cl. The monoisotopic (exact) mass is 665 g/mol. The average Bonchev–Trinajstić information content (AvgIpc) is 3.36. The van der Waals surface area contributed by atoms with E-state index in [1.54, 1.807) is 18.2 Å². The van der Waals surface area contributed by atoms with Gasteiger partial charge < -0.3 is 19.8 Å². The first-order chi connectivity index (χ1) is 21.6. The lowest BCUT2D eigenvalue weighted by Crippen LogP contribution is -2.35. The van der Waals surface area contributed by atoms with Crippen LogP contribution in [0.25, 0.3) is 10.9 Å². The molecule has 4 aromatic carbocycles. The Morgan fingerprint density at radius 2 is 1.60 bits per heavy atom. The van der Waals surface area contributed by atoms with E-state index in [-0.39, 0.29) is 18.0 Å². The van der Waals surface area contributed by atoms with Crippen LogP contribution in [0.4, 0.5) is 5.69 Å². The van der Waals surface area contributed by atoms with Gasteiger partial charge in [-0.15, -0.1) is 0 Å². The van der Waals surface area contributed by atoms with Crippen LogP contribution >= 0.6 is 23.2 Å². The molecule has 0 unspecified atom stereocenters. The third-order valence-corrected chi connectivity index (χ3v) is 9.18. The predicted octanol–water partition coefficient (Wildman–Crippen LogP) is 8.07. The Morgan fingerprint density at radius 1 is 0.867 bits per heavy atom. The predicted molar refractivity (Wildman–Crippen MR) is 181 cm³/mol. The number of hydrogen-bond acceptors (Lipinski definition) is 6. The number of carbonyl (C=O) groups excluding carboxylic acids is 1. The molecule has 0 fully saturated rings. The van der Waals surface area contributed by atoms with Crippen LogP contribution in [0.15, 0.2) is 84.9 Å². The lowest BCUT2D eigenvalue weighted by atomic mass is 10.1. The smallest absolute Gasteiger partial charge is 0.281 e. The van der Waals surface area contributed by atoms with Crippen molar-refractivity contribution in [2.24, 2.45) is 0 Å². The van der Waals surface area contributed by atoms with E-state index in [4.69, 9.17) is 32.7 Å². The Bertz CT molecular complexity index is 1900. The largest absolute Gasteiger partial charge is 0.494 e. The number of sulfonamides is 1. The number of benzene rings is 4. The minimum absolute atomic E-state index is 0.0769. The molecule has 0 saturated heterocycles. The van der Waals surface area contributed by atoms with Gasteiger partial charge in [0.25, 0.3) is 5.91 Å². The lowest BCUT2D eigenvalue weighted by molar-refractivity contribution is 0.0976. The second kappa shape index (κ2) is 14.3. The first kappa shape index (κ1) is 32.2. The van der Waals surface area contributed by atoms with Gasteiger partial charge in [-0.1, -0.05) is 53.5 Å². The van der Waals surface area contributed by atoms with Gasteiger partial charge in [0.05, 0.1) is 12.4 Å². The van der Waals surface area contributed by atoms with Crippen molar-refractivity contribution in [2.75, 3.05) is 24.2 Å². The zero-order chi connectivity index (χ0) is 32.0. The fourth-order valence-electron chi connectivity index (χ4n) is 4.98. The van der Waals surface area contributed by atoms with Gasteiger partial charge in [0.15, 0.2) is 0 Å². The number of aromatic amines is 1. The van der Waals surface area contributed by atoms with Crippen LogP contribution < -0.4 is 19.5 Å². The summed E-state index contributed by atoms with van der Waals surface area (Å²) in [6.45, 7) is 4.32. The zero-order valence-corrected chi connectivity index (χ0v) is 27.2. The van der Waals surface area contributed by atoms with Crippen LogP contribution in [0.2, 0.25) is 10.0 Å². The molecule has 0 atom stereocenters. The number of hydrogen-bond donors (Lipinski definition) is 3. The van der Waals surface area contributed by atoms with E-state index in [2.05, 4.69) is 15.0 Å². The summed E-state index contributed by atoms with van der Waals surface area (Å²) in [4.78, 5) is 16.4. The molecule has 0 bridgehead atoms. The highest BCUT2D eigenvalue weighted by Gasteiger charge is 2.22. The van der Waals surface area contributed by atoms with Crippen LogP contribution in [0.5, 0.6) is 17.2 Å². The number of halogens is 2. The molecule has 1 aromatic heterocycles. The quantitative estimate of drug-likeness (QED) is 0.110. The standard InChI is InChI=1S/C34H33Cl2N3O5S/c1-22-18-28(19-23(2)32(22)36)43-16-7-12-30-29-14-13-24(35)20-31(29)38-33(30)34(40)39-45(41,42)17-15-37-25-8-6-11-27(21-25)44-26-9-4-3-5-10-26/h3-6,8-11,13-14,18-21,37-38H,7,12,15-17H2,1-2H3,(H,39,40). The normalized spacial score (nSPS) is 11.4. The van der Waals surface area contributed by atoms with Crippen LogP contribution in [0, 0.1) is 13.8 Å². The van der Waals surface area contributed by atoms with E-state index in [9.17, 15) is 13.2 Å². The summed E-state index contributed by atoms with van der Waals surface area (Å²) in [5.41, 5.74) is 4.06. The van der Waals surface area contributed by atoms with Crippen molar-refractivity contribution in [2.45, 2.75) is 26.7 Å². The van der Waals surface area contributed by atoms with Gasteiger partial charge in [-0.3, -0.25) is 4.79 Å². The molecule has 234 valence electrons. The Hall–Kier alpha value is -4.18. The second-order valence-corrected chi connectivity index (χ2v) is 13.3. The molecule has 45 heavy (non-hydrogen) atoms. The van der Waals surface area contributed by atoms with Crippen molar-refractivity contribution in [3.63, 3.8) is 0 Å². The molecule has 5 aromatic rings. The molecule has 0 aliphatic rings. The van der Waals surface area contributed by atoms with Crippen molar-refractivity contribution in [1.29, 1.82) is 0 Å². The summed E-state index contributed by atoms with van der Waals surface area (Å²) in [6, 6.07) is 25.6. The molecule has 3 N–H and O–H groups in total. The number of aromatic nitrogens is 1. The van der Waals surface area contributed by atoms with Gasteiger partial charge in [-0.05, 0) is 91.9 Å². The summed E-state index contributed by atoms with van der Waals surface area (Å²) in [5, 5.41) is 5.08. The molecule has 8 nitrogen and oxygen atoms in total. The molecule has 11 heteroatoms. The molecule has 1 amide bonds. The fraction of sp³-hybridized carbons (Fsp3) is 0.206. The van der Waals surface area contributed by atoms with Crippen LogP contribution in [0.1, 0.15) is 33.6 Å². The third-order valence-electron chi connectivity index (χ3n) is 7.11. The van der Waals surface area contributed by atoms with Crippen LogP contribution in [0.3, 0.4) is 0 Å². The first-order valence-electron chi connectivity index (χ1n) is 14.4. The highest BCUT2D eigenvalue weighted by Crippen LogP contribution is 2.29. The molecular formula is C34H33Cl2N3O5S. The van der Waals surface area contributed by atoms with Crippen molar-refractivity contribution < 1.29 is 22.7 Å². The number of ether oxygens (including phenoxy) is 2. The van der Waals surface area contributed by atoms with E-state index < -0.39 is 15.9 Å². The number of rotatable bonds is 13. The number of carbonyl (C=O) groups is 1. The van der Waals surface area contributed by atoms with Gasteiger partial charge in [0, 0.05) is 39.2 Å². The maximum Gasteiger partial charge on any atom is 0.281 e. The topological polar surface area (TPSA) is 110 Å². The molecule has 0 saturated carbocycles. The summed E-state index contributed by atoms with van der Waals surface area (Å²) in [7, 11) is -3.97. The van der Waals surface area contributed by atoms with Crippen LogP contribution in [-0.2, 0) is 16.4 Å². The number of H-pyrrole nitrogens is 1. The van der Waals surface area contributed by atoms with E-state index in [0.29, 0.717) is 63.5 Å². The Labute approximate surface area is 272 Å². The van der Waals surface area contributed by atoms with Gasteiger partial charge in [-0.2, -0.15) is 0 Å². The second-order valence-electron chi connectivity index (χ2n) is 10.6. The molecule has 5 rings (SSSR count). The van der Waals surface area contributed by atoms with Gasteiger partial charge in [-0.25, -0.2) is 13.1 Å². The molecule has 0 aliphatic heterocycles. The number of amides is 1. The summed E-state index contributed by atoms with van der Waals surface area (Å²) in [6.07, 6.45) is 1.05. The maximum atomic E-state index is 13.3. The molecular weight excluding hydrogens is 633 g/mol. The summed E-state index contributed by atoms with van der Waals surface area (Å²) in [5.74, 6) is 0.960. The Balaban J connectivity index is 1.21. The minimum Gasteiger partial charge on any atom is -0.494 e. The maximum absolute atomic E-state index is 13.3. The molecule has 1 heterocycles. The van der Waals surface area contributed by atoms with E-state index in [1.807, 2.05) is 80.6 Å². The Kier molecular flexibility index (Phi) is 10.2. The highest BCUT2D eigenvalue weighted by atomic mass is 35.5. The number of fused-ring (bicyclic) bond motifs is 1. The van der Waals surface area contributed by atoms with Crippen molar-refractivity contribution in [1.82, 2.24) is 9.71 Å². The highest BCUT2D eigenvalue weighted by molar-refractivity contribution is 7.90. The molecule has 0 radical (unpaired) electrons. The van der Waals surface area contributed by atoms with Crippen molar-refractivity contribution in [3.8, 4) is 17.2 Å². The molecule has 0 aliphatic carbocycles. The van der Waals surface area contributed by atoms with E-state index >= 15 is 0 Å². The van der Waals surface area contributed by atoms with Gasteiger partial charge in [0.1, 0.15) is 22.9 Å². The fourth-order valence-corrected chi connectivity index (χ4v) is 6.12. The third kappa shape index (κ3) is 8.51. The summed E-state index contributed by atoms with van der Waals surface area (Å²) >= 11 is 12.5. The van der Waals surface area contributed by atoms with E-state index in [1.165, 1.54) is 0 Å². The average molecular weight is 667 g/mol.